The molecule has 0 heterocycles. The Bertz CT molecular complexity index is 262. The van der Waals surface area contributed by atoms with Crippen molar-refractivity contribution in [2.45, 2.75) is 19.4 Å². The number of thiol groups is 1. The summed E-state index contributed by atoms with van der Waals surface area (Å²) < 4.78 is 24.2. The largest absolute Gasteiger partial charge is 0.480 e. The Morgan fingerprint density at radius 1 is 1.62 bits per heavy atom. The lowest BCUT2D eigenvalue weighted by Crippen LogP contribution is -2.42. The van der Waals surface area contributed by atoms with Crippen molar-refractivity contribution in [3.63, 3.8) is 0 Å². The molecule has 0 aromatic rings. The van der Waals surface area contributed by atoms with E-state index in [1.165, 1.54) is 0 Å². The molecular formula is C6H13NO4S2. The second-order valence-corrected chi connectivity index (χ2v) is 4.75. The molecule has 1 unspecified atom stereocenters. The van der Waals surface area contributed by atoms with E-state index >= 15 is 0 Å². The van der Waals surface area contributed by atoms with E-state index in [0.717, 1.165) is 0 Å². The molecule has 5 nitrogen and oxygen atoms in total. The summed E-state index contributed by atoms with van der Waals surface area (Å²) in [4.78, 5) is 10.4. The molecule has 0 fully saturated rings. The predicted molar refractivity (Wildman–Crippen MR) is 52.5 cm³/mol. The Morgan fingerprint density at radius 3 is 2.46 bits per heavy atom. The van der Waals surface area contributed by atoms with E-state index in [1.54, 1.807) is 6.92 Å². The normalized spacial score (nSPS) is 14.0. The third-order valence-electron chi connectivity index (χ3n) is 1.28. The number of rotatable bonds is 6. The summed E-state index contributed by atoms with van der Waals surface area (Å²) in [6.45, 7) is 1.70. The maximum absolute atomic E-state index is 11.1. The molecule has 0 aliphatic heterocycles. The van der Waals surface area contributed by atoms with E-state index in [9.17, 15) is 13.2 Å². The molecule has 0 saturated carbocycles. The van der Waals surface area contributed by atoms with E-state index in [1.807, 2.05) is 4.72 Å². The highest BCUT2D eigenvalue weighted by Gasteiger charge is 2.21. The van der Waals surface area contributed by atoms with Gasteiger partial charge in [0.15, 0.2) is 0 Å². The summed E-state index contributed by atoms with van der Waals surface area (Å²) in [6, 6.07) is -1.14. The van der Waals surface area contributed by atoms with Crippen LogP contribution in [0.15, 0.2) is 0 Å². The van der Waals surface area contributed by atoms with Gasteiger partial charge in [-0.25, -0.2) is 13.1 Å². The summed E-state index contributed by atoms with van der Waals surface area (Å²) in [6.07, 6.45) is 0.453. The van der Waals surface area contributed by atoms with E-state index < -0.39 is 22.0 Å². The topological polar surface area (TPSA) is 83.5 Å². The molecule has 7 heteroatoms. The summed E-state index contributed by atoms with van der Waals surface area (Å²) in [5.41, 5.74) is 0. The lowest BCUT2D eigenvalue weighted by atomic mass is 10.4. The highest BCUT2D eigenvalue weighted by molar-refractivity contribution is 7.89. The Kier molecular flexibility index (Phi) is 5.34. The minimum absolute atomic E-state index is 0.0573. The van der Waals surface area contributed by atoms with Crippen LogP contribution in [0.2, 0.25) is 0 Å². The van der Waals surface area contributed by atoms with Crippen molar-refractivity contribution in [2.24, 2.45) is 0 Å². The molecule has 78 valence electrons. The number of carboxylic acids is 1. The lowest BCUT2D eigenvalue weighted by Gasteiger charge is -2.11. The van der Waals surface area contributed by atoms with Crippen LogP contribution in [-0.2, 0) is 14.8 Å². The van der Waals surface area contributed by atoms with Gasteiger partial charge in [-0.15, -0.1) is 0 Å². The van der Waals surface area contributed by atoms with E-state index in [0.29, 0.717) is 6.42 Å². The van der Waals surface area contributed by atoms with Crippen molar-refractivity contribution >= 4 is 28.6 Å². The zero-order chi connectivity index (χ0) is 10.5. The third kappa shape index (κ3) is 5.12. The number of sulfonamides is 1. The first kappa shape index (κ1) is 12.7. The van der Waals surface area contributed by atoms with Crippen LogP contribution in [-0.4, -0.2) is 37.0 Å². The SMILES string of the molecule is CCCS(=O)(=O)NC(CS)C(=O)O. The minimum Gasteiger partial charge on any atom is -0.480 e. The van der Waals surface area contributed by atoms with Crippen LogP contribution < -0.4 is 4.72 Å². The summed E-state index contributed by atoms with van der Waals surface area (Å²) in [5.74, 6) is -1.34. The molecule has 0 aliphatic carbocycles. The summed E-state index contributed by atoms with van der Waals surface area (Å²) in [5, 5.41) is 8.53. The minimum atomic E-state index is -3.47. The van der Waals surface area contributed by atoms with Gasteiger partial charge in [0.05, 0.1) is 5.75 Å². The van der Waals surface area contributed by atoms with E-state index in [4.69, 9.17) is 5.11 Å². The van der Waals surface area contributed by atoms with Crippen LogP contribution in [0.5, 0.6) is 0 Å². The zero-order valence-corrected chi connectivity index (χ0v) is 8.94. The van der Waals surface area contributed by atoms with Gasteiger partial charge in [0.25, 0.3) is 0 Å². The van der Waals surface area contributed by atoms with E-state index in [2.05, 4.69) is 12.6 Å². The number of hydrogen-bond acceptors (Lipinski definition) is 4. The first-order valence-electron chi connectivity index (χ1n) is 3.76. The molecule has 0 amide bonds. The van der Waals surface area contributed by atoms with Crippen LogP contribution in [0.3, 0.4) is 0 Å². The van der Waals surface area contributed by atoms with Crippen LogP contribution >= 0.6 is 12.6 Å². The average Bonchev–Trinajstić information content (AvgIpc) is 1.99. The molecule has 0 radical (unpaired) electrons. The van der Waals surface area contributed by atoms with Gasteiger partial charge in [-0.3, -0.25) is 4.79 Å². The van der Waals surface area contributed by atoms with Crippen molar-refractivity contribution in [1.82, 2.24) is 4.72 Å². The summed E-state index contributed by atoms with van der Waals surface area (Å²) >= 11 is 3.73. The van der Waals surface area contributed by atoms with Crippen molar-refractivity contribution in [2.75, 3.05) is 11.5 Å². The van der Waals surface area contributed by atoms with Gasteiger partial charge in [0.2, 0.25) is 10.0 Å². The second kappa shape index (κ2) is 5.46. The van der Waals surface area contributed by atoms with Crippen molar-refractivity contribution in [3.8, 4) is 0 Å². The first-order chi connectivity index (χ1) is 5.93. The zero-order valence-electron chi connectivity index (χ0n) is 7.23. The van der Waals surface area contributed by atoms with Gasteiger partial charge < -0.3 is 5.11 Å². The Labute approximate surface area is 83.0 Å². The number of aliphatic carboxylic acids is 1. The van der Waals surface area contributed by atoms with Crippen molar-refractivity contribution in [3.05, 3.63) is 0 Å². The standard InChI is InChI=1S/C6H13NO4S2/c1-2-3-13(10,11)7-5(4-12)6(8)9/h5,7,12H,2-4H2,1H3,(H,8,9). The summed E-state index contributed by atoms with van der Waals surface area (Å²) in [7, 11) is -3.47. The molecule has 0 rings (SSSR count). The van der Waals surface area contributed by atoms with Crippen LogP contribution in [0.25, 0.3) is 0 Å². The number of carbonyl (C=O) groups is 1. The molecule has 2 N–H and O–H groups in total. The highest BCUT2D eigenvalue weighted by atomic mass is 32.2. The maximum Gasteiger partial charge on any atom is 0.322 e. The lowest BCUT2D eigenvalue weighted by molar-refractivity contribution is -0.138. The Hall–Kier alpha value is -0.270. The third-order valence-corrected chi connectivity index (χ3v) is 3.23. The molecule has 0 aromatic heterocycles. The van der Waals surface area contributed by atoms with Crippen LogP contribution in [0.4, 0.5) is 0 Å². The molecular weight excluding hydrogens is 214 g/mol. The fourth-order valence-electron chi connectivity index (χ4n) is 0.710. The fraction of sp³-hybridized carbons (Fsp3) is 0.833. The monoisotopic (exact) mass is 227 g/mol. The molecule has 0 spiro atoms. The van der Waals surface area contributed by atoms with Gasteiger partial charge >= 0.3 is 5.97 Å². The van der Waals surface area contributed by atoms with Crippen LogP contribution in [0, 0.1) is 0 Å². The predicted octanol–water partition coefficient (Wildman–Crippen LogP) is -0.301. The molecule has 0 aliphatic rings. The quantitative estimate of drug-likeness (QED) is 0.544. The first-order valence-corrected chi connectivity index (χ1v) is 6.05. The van der Waals surface area contributed by atoms with Crippen LogP contribution in [0.1, 0.15) is 13.3 Å². The Balaban J connectivity index is 4.31. The van der Waals surface area contributed by atoms with Gasteiger partial charge in [-0.2, -0.15) is 12.6 Å². The smallest absolute Gasteiger partial charge is 0.322 e. The fourth-order valence-corrected chi connectivity index (χ4v) is 2.35. The van der Waals surface area contributed by atoms with Crippen molar-refractivity contribution < 1.29 is 18.3 Å². The maximum atomic E-state index is 11.1. The van der Waals surface area contributed by atoms with Gasteiger partial charge in [0, 0.05) is 5.75 Å². The van der Waals surface area contributed by atoms with E-state index in [-0.39, 0.29) is 11.5 Å². The highest BCUT2D eigenvalue weighted by Crippen LogP contribution is 1.95. The van der Waals surface area contributed by atoms with Crippen molar-refractivity contribution in [1.29, 1.82) is 0 Å². The molecule has 1 atom stereocenters. The van der Waals surface area contributed by atoms with Gasteiger partial charge in [-0.05, 0) is 6.42 Å². The molecule has 0 bridgehead atoms. The van der Waals surface area contributed by atoms with Gasteiger partial charge in [0.1, 0.15) is 6.04 Å². The number of hydrogen-bond donors (Lipinski definition) is 3. The number of carboxylic acid groups (broad SMARTS) is 1. The molecule has 0 saturated heterocycles. The second-order valence-electron chi connectivity index (χ2n) is 2.51. The van der Waals surface area contributed by atoms with Gasteiger partial charge in [-0.1, -0.05) is 6.92 Å². The number of nitrogens with one attached hydrogen (secondary N) is 1. The molecule has 0 aromatic carbocycles. The molecule has 13 heavy (non-hydrogen) atoms. The average molecular weight is 227 g/mol. The Morgan fingerprint density at radius 2 is 2.15 bits per heavy atom.